The van der Waals surface area contributed by atoms with Crippen LogP contribution in [0, 0.1) is 0 Å². The predicted octanol–water partition coefficient (Wildman–Crippen LogP) is 1.02. The van der Waals surface area contributed by atoms with Crippen molar-refractivity contribution in [3.05, 3.63) is 29.8 Å². The Bertz CT molecular complexity index is 501. The average molecular weight is 290 g/mol. The fourth-order valence-corrected chi connectivity index (χ4v) is 3.14. The number of likely N-dealkylation sites (N-methyl/N-ethyl adjacent to an activating group) is 1. The molecule has 5 nitrogen and oxygen atoms in total. The first-order valence-electron chi connectivity index (χ1n) is 7.47. The van der Waals surface area contributed by atoms with Crippen LogP contribution in [0.1, 0.15) is 18.4 Å². The molecule has 2 N–H and O–H groups in total. The SMILES string of the molecule is CN(CC1(O)CCOCC1)C(=O)C1Cc2ccccc2N1. The molecule has 0 spiro atoms. The van der Waals surface area contributed by atoms with Crippen molar-refractivity contribution in [2.45, 2.75) is 30.9 Å². The zero-order chi connectivity index (χ0) is 14.9. The van der Waals surface area contributed by atoms with Crippen molar-refractivity contribution in [2.24, 2.45) is 0 Å². The van der Waals surface area contributed by atoms with Crippen LogP contribution in [0.5, 0.6) is 0 Å². The molecule has 1 unspecified atom stereocenters. The molecule has 1 amide bonds. The van der Waals surface area contributed by atoms with Gasteiger partial charge >= 0.3 is 0 Å². The van der Waals surface area contributed by atoms with Gasteiger partial charge in [-0.15, -0.1) is 0 Å². The third-order valence-corrected chi connectivity index (χ3v) is 4.40. The molecule has 0 aliphatic carbocycles. The lowest BCUT2D eigenvalue weighted by Crippen LogP contribution is -2.50. The number of hydrogen-bond acceptors (Lipinski definition) is 4. The normalized spacial score (nSPS) is 23.2. The molecule has 0 saturated carbocycles. The van der Waals surface area contributed by atoms with Crippen molar-refractivity contribution in [3.8, 4) is 0 Å². The number of aliphatic hydroxyl groups is 1. The van der Waals surface area contributed by atoms with Gasteiger partial charge in [0.15, 0.2) is 0 Å². The number of amides is 1. The molecule has 114 valence electrons. The Morgan fingerprint density at radius 2 is 2.14 bits per heavy atom. The monoisotopic (exact) mass is 290 g/mol. The van der Waals surface area contributed by atoms with E-state index in [0.29, 0.717) is 39.0 Å². The summed E-state index contributed by atoms with van der Waals surface area (Å²) in [5, 5.41) is 13.8. The molecule has 2 heterocycles. The van der Waals surface area contributed by atoms with Gasteiger partial charge in [-0.25, -0.2) is 0 Å². The Kier molecular flexibility index (Phi) is 3.87. The van der Waals surface area contributed by atoms with E-state index in [9.17, 15) is 9.90 Å². The number of benzene rings is 1. The lowest BCUT2D eigenvalue weighted by atomic mass is 9.93. The Hall–Kier alpha value is -1.59. The smallest absolute Gasteiger partial charge is 0.245 e. The summed E-state index contributed by atoms with van der Waals surface area (Å²) >= 11 is 0. The Morgan fingerprint density at radius 1 is 1.43 bits per heavy atom. The molecule has 21 heavy (non-hydrogen) atoms. The van der Waals surface area contributed by atoms with Gasteiger partial charge in [-0.05, 0) is 11.6 Å². The number of nitrogens with zero attached hydrogens (tertiary/aromatic N) is 1. The number of carbonyl (C=O) groups is 1. The van der Waals surface area contributed by atoms with E-state index in [1.807, 2.05) is 24.3 Å². The first-order valence-corrected chi connectivity index (χ1v) is 7.47. The zero-order valence-electron chi connectivity index (χ0n) is 12.3. The number of anilines is 1. The van der Waals surface area contributed by atoms with Crippen LogP contribution in [-0.2, 0) is 16.0 Å². The van der Waals surface area contributed by atoms with Crippen molar-refractivity contribution >= 4 is 11.6 Å². The Morgan fingerprint density at radius 3 is 2.86 bits per heavy atom. The van der Waals surface area contributed by atoms with Gasteiger partial charge in [0.1, 0.15) is 6.04 Å². The van der Waals surface area contributed by atoms with Crippen LogP contribution in [0.3, 0.4) is 0 Å². The molecular weight excluding hydrogens is 268 g/mol. The van der Waals surface area contributed by atoms with E-state index in [2.05, 4.69) is 5.32 Å². The standard InChI is InChI=1S/C16H22N2O3/c1-18(11-16(20)6-8-21-9-7-16)15(19)14-10-12-4-2-3-5-13(12)17-14/h2-5,14,17,20H,6-11H2,1H3. The molecule has 0 radical (unpaired) electrons. The molecular formula is C16H22N2O3. The van der Waals surface area contributed by atoms with Crippen LogP contribution in [0.15, 0.2) is 24.3 Å². The van der Waals surface area contributed by atoms with Gasteiger partial charge in [0.05, 0.1) is 5.60 Å². The van der Waals surface area contributed by atoms with Crippen LogP contribution < -0.4 is 5.32 Å². The Labute approximate surface area is 124 Å². The highest BCUT2D eigenvalue weighted by Gasteiger charge is 2.35. The summed E-state index contributed by atoms with van der Waals surface area (Å²) in [6, 6.07) is 7.77. The second-order valence-electron chi connectivity index (χ2n) is 6.09. The molecule has 0 aromatic heterocycles. The Balaban J connectivity index is 1.61. The molecule has 1 atom stereocenters. The minimum atomic E-state index is -0.811. The fraction of sp³-hybridized carbons (Fsp3) is 0.562. The molecule has 2 aliphatic heterocycles. The minimum Gasteiger partial charge on any atom is -0.388 e. The summed E-state index contributed by atoms with van der Waals surface area (Å²) in [4.78, 5) is 14.2. The summed E-state index contributed by atoms with van der Waals surface area (Å²) in [5.41, 5.74) is 1.40. The van der Waals surface area contributed by atoms with Crippen LogP contribution in [0.2, 0.25) is 0 Å². The second kappa shape index (κ2) is 5.66. The van der Waals surface area contributed by atoms with E-state index in [-0.39, 0.29) is 11.9 Å². The van der Waals surface area contributed by atoms with Crippen molar-refractivity contribution in [3.63, 3.8) is 0 Å². The fourth-order valence-electron chi connectivity index (χ4n) is 3.14. The summed E-state index contributed by atoms with van der Waals surface area (Å²) in [7, 11) is 1.76. The maximum absolute atomic E-state index is 12.6. The molecule has 5 heteroatoms. The van der Waals surface area contributed by atoms with Crippen molar-refractivity contribution in [2.75, 3.05) is 32.1 Å². The number of ether oxygens (including phenoxy) is 1. The minimum absolute atomic E-state index is 0.0334. The number of nitrogens with one attached hydrogen (secondary N) is 1. The molecule has 3 rings (SSSR count). The first-order chi connectivity index (χ1) is 10.1. The van der Waals surface area contributed by atoms with Gasteiger partial charge in [0, 0.05) is 51.8 Å². The maximum Gasteiger partial charge on any atom is 0.245 e. The molecule has 1 aromatic carbocycles. The summed E-state index contributed by atoms with van der Waals surface area (Å²) in [5.74, 6) is 0.0334. The zero-order valence-corrected chi connectivity index (χ0v) is 12.3. The third kappa shape index (κ3) is 3.04. The van der Waals surface area contributed by atoms with Crippen molar-refractivity contribution < 1.29 is 14.6 Å². The first kappa shape index (κ1) is 14.4. The van der Waals surface area contributed by atoms with Crippen LogP contribution in [-0.4, -0.2) is 54.4 Å². The quantitative estimate of drug-likeness (QED) is 0.872. The highest BCUT2D eigenvalue weighted by molar-refractivity contribution is 5.87. The lowest BCUT2D eigenvalue weighted by Gasteiger charge is -2.36. The van der Waals surface area contributed by atoms with E-state index in [4.69, 9.17) is 4.74 Å². The lowest BCUT2D eigenvalue weighted by molar-refractivity contribution is -0.137. The molecule has 2 aliphatic rings. The average Bonchev–Trinajstić information content (AvgIpc) is 2.90. The molecule has 1 saturated heterocycles. The van der Waals surface area contributed by atoms with Crippen LogP contribution in [0.25, 0.3) is 0 Å². The molecule has 1 fully saturated rings. The molecule has 1 aromatic rings. The van der Waals surface area contributed by atoms with Gasteiger partial charge in [-0.2, -0.15) is 0 Å². The van der Waals surface area contributed by atoms with Crippen molar-refractivity contribution in [1.29, 1.82) is 0 Å². The van der Waals surface area contributed by atoms with Crippen molar-refractivity contribution in [1.82, 2.24) is 4.90 Å². The van der Waals surface area contributed by atoms with Gasteiger partial charge in [0.2, 0.25) is 5.91 Å². The van der Waals surface area contributed by atoms with Gasteiger partial charge in [-0.1, -0.05) is 18.2 Å². The van der Waals surface area contributed by atoms with E-state index < -0.39 is 5.60 Å². The largest absolute Gasteiger partial charge is 0.388 e. The molecule has 0 bridgehead atoms. The number of hydrogen-bond donors (Lipinski definition) is 2. The summed E-state index contributed by atoms with van der Waals surface area (Å²) in [6.07, 6.45) is 1.88. The highest BCUT2D eigenvalue weighted by atomic mass is 16.5. The van der Waals surface area contributed by atoms with Gasteiger partial charge in [-0.3, -0.25) is 4.79 Å². The topological polar surface area (TPSA) is 61.8 Å². The summed E-state index contributed by atoms with van der Waals surface area (Å²) in [6.45, 7) is 1.49. The second-order valence-corrected chi connectivity index (χ2v) is 6.09. The number of para-hydroxylation sites is 1. The number of carbonyl (C=O) groups excluding carboxylic acids is 1. The third-order valence-electron chi connectivity index (χ3n) is 4.40. The highest BCUT2D eigenvalue weighted by Crippen LogP contribution is 2.27. The number of rotatable bonds is 3. The predicted molar refractivity (Wildman–Crippen MR) is 80.2 cm³/mol. The van der Waals surface area contributed by atoms with E-state index in [1.54, 1.807) is 11.9 Å². The van der Waals surface area contributed by atoms with Gasteiger partial charge < -0.3 is 20.1 Å². The van der Waals surface area contributed by atoms with Crippen LogP contribution in [0.4, 0.5) is 5.69 Å². The number of fused-ring (bicyclic) bond motifs is 1. The van der Waals surface area contributed by atoms with Gasteiger partial charge in [0.25, 0.3) is 0 Å². The van der Waals surface area contributed by atoms with E-state index >= 15 is 0 Å². The van der Waals surface area contributed by atoms with E-state index in [0.717, 1.165) is 5.69 Å². The maximum atomic E-state index is 12.6. The van der Waals surface area contributed by atoms with E-state index in [1.165, 1.54) is 5.56 Å². The van der Waals surface area contributed by atoms with Crippen LogP contribution >= 0.6 is 0 Å². The summed E-state index contributed by atoms with van der Waals surface area (Å²) < 4.78 is 5.27.